The predicted octanol–water partition coefficient (Wildman–Crippen LogP) is 2.30. The summed E-state index contributed by atoms with van der Waals surface area (Å²) in [6.07, 6.45) is 2.07. The summed E-state index contributed by atoms with van der Waals surface area (Å²) in [5, 5.41) is 8.88. The zero-order valence-corrected chi connectivity index (χ0v) is 15.7. The van der Waals surface area contributed by atoms with E-state index in [1.165, 1.54) is 19.2 Å². The first kappa shape index (κ1) is 20.1. The third-order valence-corrected chi connectivity index (χ3v) is 6.19. The van der Waals surface area contributed by atoms with Crippen LogP contribution < -0.4 is 4.72 Å². The summed E-state index contributed by atoms with van der Waals surface area (Å²) in [4.78, 5) is 2.04. The number of rotatable bonds is 8. The van der Waals surface area contributed by atoms with Crippen LogP contribution in [0.25, 0.3) is 0 Å². The second-order valence-electron chi connectivity index (χ2n) is 5.98. The lowest BCUT2D eigenvalue weighted by Crippen LogP contribution is -2.43. The van der Waals surface area contributed by atoms with Gasteiger partial charge in [0.1, 0.15) is 5.82 Å². The van der Waals surface area contributed by atoms with E-state index in [1.807, 2.05) is 11.0 Å². The zero-order valence-electron chi connectivity index (χ0n) is 14.1. The first-order valence-corrected chi connectivity index (χ1v) is 9.94. The van der Waals surface area contributed by atoms with Crippen LogP contribution in [0.3, 0.4) is 0 Å². The fourth-order valence-corrected chi connectivity index (χ4v) is 4.13. The summed E-state index contributed by atoms with van der Waals surface area (Å²) in [5.41, 5.74) is 0.313. The lowest BCUT2D eigenvalue weighted by atomic mass is 10.0. The molecule has 6 nitrogen and oxygen atoms in total. The van der Waals surface area contributed by atoms with E-state index >= 15 is 0 Å². The fraction of sp³-hybridized carbons (Fsp3) is 0.562. The highest BCUT2D eigenvalue weighted by Crippen LogP contribution is 2.32. The molecule has 0 spiro atoms. The average Bonchev–Trinajstić information content (AvgIpc) is 3.09. The molecule has 1 aromatic rings. The maximum atomic E-state index is 14.4. The monoisotopic (exact) mass is 388 g/mol. The Labute approximate surface area is 153 Å². The van der Waals surface area contributed by atoms with Crippen molar-refractivity contribution < 1.29 is 12.8 Å². The topological polar surface area (TPSA) is 76.4 Å². The molecule has 0 saturated carbocycles. The van der Waals surface area contributed by atoms with E-state index < -0.39 is 22.1 Å². The molecule has 1 atom stereocenters. The van der Waals surface area contributed by atoms with Gasteiger partial charge in [0.25, 0.3) is 10.2 Å². The molecule has 0 aromatic heterocycles. The van der Waals surface area contributed by atoms with Crippen LogP contribution in [-0.4, -0.2) is 50.8 Å². The minimum absolute atomic E-state index is 0.0138. The third-order valence-electron chi connectivity index (χ3n) is 4.32. The van der Waals surface area contributed by atoms with Gasteiger partial charge in [-0.05, 0) is 38.1 Å². The SMILES string of the molecule is CN(CCC#N)S(=O)(=O)NCC(c1c(F)cccc1Cl)N1CCCC1. The summed E-state index contributed by atoms with van der Waals surface area (Å²) in [7, 11) is -2.35. The van der Waals surface area contributed by atoms with Gasteiger partial charge in [-0.2, -0.15) is 18.0 Å². The number of likely N-dealkylation sites (tertiary alicyclic amines) is 1. The molecular formula is C16H22ClFN4O2S. The predicted molar refractivity (Wildman–Crippen MR) is 94.7 cm³/mol. The third kappa shape index (κ3) is 5.12. The van der Waals surface area contributed by atoms with E-state index in [9.17, 15) is 12.8 Å². The van der Waals surface area contributed by atoms with Gasteiger partial charge in [0.15, 0.2) is 0 Å². The van der Waals surface area contributed by atoms with Crippen LogP contribution in [0.15, 0.2) is 18.2 Å². The molecule has 1 heterocycles. The molecule has 1 aromatic carbocycles. The van der Waals surface area contributed by atoms with Gasteiger partial charge in [0.2, 0.25) is 0 Å². The number of nitrogens with zero attached hydrogens (tertiary/aromatic N) is 3. The minimum atomic E-state index is -3.75. The molecular weight excluding hydrogens is 367 g/mol. The highest BCUT2D eigenvalue weighted by atomic mass is 35.5. The minimum Gasteiger partial charge on any atom is -0.295 e. The first-order chi connectivity index (χ1) is 11.9. The smallest absolute Gasteiger partial charge is 0.279 e. The van der Waals surface area contributed by atoms with Gasteiger partial charge in [0, 0.05) is 37.1 Å². The number of nitrogens with one attached hydrogen (secondary N) is 1. The molecule has 138 valence electrons. The number of halogens is 2. The Balaban J connectivity index is 2.19. The highest BCUT2D eigenvalue weighted by Gasteiger charge is 2.29. The summed E-state index contributed by atoms with van der Waals surface area (Å²) in [6, 6.07) is 5.90. The van der Waals surface area contributed by atoms with E-state index in [-0.39, 0.29) is 24.5 Å². The van der Waals surface area contributed by atoms with Gasteiger partial charge in [0.05, 0.1) is 12.1 Å². The van der Waals surface area contributed by atoms with Gasteiger partial charge >= 0.3 is 0 Å². The molecule has 1 aliphatic rings. The lowest BCUT2D eigenvalue weighted by molar-refractivity contribution is 0.240. The summed E-state index contributed by atoms with van der Waals surface area (Å²) in [5.74, 6) is -0.443. The molecule has 2 rings (SSSR count). The number of nitriles is 1. The van der Waals surface area contributed by atoms with E-state index in [2.05, 4.69) is 4.72 Å². The maximum absolute atomic E-state index is 14.4. The molecule has 0 amide bonds. The van der Waals surface area contributed by atoms with Crippen LogP contribution in [0.2, 0.25) is 5.02 Å². The van der Waals surface area contributed by atoms with E-state index in [0.29, 0.717) is 5.56 Å². The largest absolute Gasteiger partial charge is 0.295 e. The van der Waals surface area contributed by atoms with Crippen molar-refractivity contribution in [2.45, 2.75) is 25.3 Å². The van der Waals surface area contributed by atoms with Crippen molar-refractivity contribution in [2.24, 2.45) is 0 Å². The highest BCUT2D eigenvalue weighted by molar-refractivity contribution is 7.87. The second kappa shape index (κ2) is 8.92. The molecule has 25 heavy (non-hydrogen) atoms. The van der Waals surface area contributed by atoms with E-state index in [1.54, 1.807) is 6.07 Å². The van der Waals surface area contributed by atoms with E-state index in [4.69, 9.17) is 16.9 Å². The molecule has 1 unspecified atom stereocenters. The Kier molecular flexibility index (Phi) is 7.16. The lowest BCUT2D eigenvalue weighted by Gasteiger charge is -2.29. The van der Waals surface area contributed by atoms with Crippen molar-refractivity contribution in [2.75, 3.05) is 33.2 Å². The van der Waals surface area contributed by atoms with Gasteiger partial charge in [-0.15, -0.1) is 0 Å². The first-order valence-electron chi connectivity index (χ1n) is 8.12. The summed E-state index contributed by atoms with van der Waals surface area (Å²) in [6.45, 7) is 1.64. The molecule has 1 N–H and O–H groups in total. The number of hydrogen-bond donors (Lipinski definition) is 1. The van der Waals surface area contributed by atoms with Gasteiger partial charge in [-0.25, -0.2) is 9.11 Å². The van der Waals surface area contributed by atoms with Gasteiger partial charge < -0.3 is 0 Å². The molecule has 0 radical (unpaired) electrons. The Morgan fingerprint density at radius 1 is 1.44 bits per heavy atom. The molecule has 1 aliphatic heterocycles. The van der Waals surface area contributed by atoms with Crippen LogP contribution in [0, 0.1) is 17.1 Å². The van der Waals surface area contributed by atoms with Crippen LogP contribution in [0.5, 0.6) is 0 Å². The molecule has 1 fully saturated rings. The average molecular weight is 389 g/mol. The summed E-state index contributed by atoms with van der Waals surface area (Å²) < 4.78 is 42.6. The van der Waals surface area contributed by atoms with Crippen molar-refractivity contribution in [1.82, 2.24) is 13.9 Å². The van der Waals surface area contributed by atoms with Gasteiger partial charge in [-0.3, -0.25) is 4.90 Å². The van der Waals surface area contributed by atoms with Crippen LogP contribution in [0.1, 0.15) is 30.9 Å². The van der Waals surface area contributed by atoms with Crippen molar-refractivity contribution in [1.29, 1.82) is 5.26 Å². The number of benzene rings is 1. The van der Waals surface area contributed by atoms with Crippen molar-refractivity contribution >= 4 is 21.8 Å². The Hall–Kier alpha value is -1.24. The van der Waals surface area contributed by atoms with Gasteiger partial charge in [-0.1, -0.05) is 17.7 Å². The van der Waals surface area contributed by atoms with E-state index in [0.717, 1.165) is 30.2 Å². The van der Waals surface area contributed by atoms with Crippen molar-refractivity contribution in [3.63, 3.8) is 0 Å². The maximum Gasteiger partial charge on any atom is 0.279 e. The Bertz CT molecular complexity index is 712. The second-order valence-corrected chi connectivity index (χ2v) is 8.25. The van der Waals surface area contributed by atoms with Crippen molar-refractivity contribution in [3.05, 3.63) is 34.6 Å². The van der Waals surface area contributed by atoms with Crippen LogP contribution >= 0.6 is 11.6 Å². The normalized spacial score (nSPS) is 16.9. The quantitative estimate of drug-likeness (QED) is 0.741. The standard InChI is InChI=1S/C16H22ClFN4O2S/c1-21(9-5-8-19)25(23,24)20-12-15(22-10-2-3-11-22)16-13(17)6-4-7-14(16)18/h4,6-7,15,20H,2-3,5,9-12H2,1H3. The van der Waals surface area contributed by atoms with Crippen LogP contribution in [0.4, 0.5) is 4.39 Å². The molecule has 1 saturated heterocycles. The number of hydrogen-bond acceptors (Lipinski definition) is 4. The summed E-state index contributed by atoms with van der Waals surface area (Å²) >= 11 is 6.19. The fourth-order valence-electron chi connectivity index (χ4n) is 2.92. The Morgan fingerprint density at radius 3 is 2.72 bits per heavy atom. The molecule has 0 aliphatic carbocycles. The molecule has 0 bridgehead atoms. The van der Waals surface area contributed by atoms with Crippen molar-refractivity contribution in [3.8, 4) is 6.07 Å². The molecule has 9 heteroatoms. The zero-order chi connectivity index (χ0) is 18.4. The van der Waals surface area contributed by atoms with Crippen LogP contribution in [-0.2, 0) is 10.2 Å². The Morgan fingerprint density at radius 2 is 2.12 bits per heavy atom.